The predicted molar refractivity (Wildman–Crippen MR) is 101 cm³/mol. The number of benzene rings is 2. The molecule has 128 valence electrons. The van der Waals surface area contributed by atoms with Crippen LogP contribution >= 0.6 is 27.5 Å². The highest BCUT2D eigenvalue weighted by Crippen LogP contribution is 2.28. The monoisotopic (exact) mass is 419 g/mol. The van der Waals surface area contributed by atoms with Crippen molar-refractivity contribution in [3.63, 3.8) is 0 Å². The SMILES string of the molecule is CC1=C(C(=O)Nc2ccc(Cl)cc2)C(c2ccc(Br)cc2)NC(=O)N1. The van der Waals surface area contributed by atoms with E-state index in [1.54, 1.807) is 31.2 Å². The number of anilines is 1. The summed E-state index contributed by atoms with van der Waals surface area (Å²) in [6, 6.07) is 13.4. The van der Waals surface area contributed by atoms with Crippen molar-refractivity contribution in [1.29, 1.82) is 0 Å². The Morgan fingerprint density at radius 3 is 2.40 bits per heavy atom. The second kappa shape index (κ2) is 7.29. The Hall–Kier alpha value is -2.31. The van der Waals surface area contributed by atoms with Gasteiger partial charge in [0.25, 0.3) is 5.91 Å². The van der Waals surface area contributed by atoms with Crippen molar-refractivity contribution >= 4 is 45.2 Å². The van der Waals surface area contributed by atoms with Crippen LogP contribution in [0.1, 0.15) is 18.5 Å². The van der Waals surface area contributed by atoms with Crippen molar-refractivity contribution in [1.82, 2.24) is 10.6 Å². The normalized spacial score (nSPS) is 16.9. The molecule has 1 aliphatic rings. The van der Waals surface area contributed by atoms with Crippen molar-refractivity contribution in [2.75, 3.05) is 5.32 Å². The topological polar surface area (TPSA) is 70.2 Å². The van der Waals surface area contributed by atoms with E-state index < -0.39 is 6.04 Å². The number of halogens is 2. The van der Waals surface area contributed by atoms with Crippen molar-refractivity contribution < 1.29 is 9.59 Å². The fourth-order valence-electron chi connectivity index (χ4n) is 2.63. The number of amides is 3. The van der Waals surface area contributed by atoms with Crippen LogP contribution in [0.2, 0.25) is 5.02 Å². The molecule has 0 saturated heterocycles. The zero-order valence-electron chi connectivity index (χ0n) is 13.3. The van der Waals surface area contributed by atoms with E-state index in [0.29, 0.717) is 22.0 Å². The average molecular weight is 421 g/mol. The van der Waals surface area contributed by atoms with Gasteiger partial charge in [-0.05, 0) is 48.9 Å². The molecule has 3 N–H and O–H groups in total. The zero-order valence-corrected chi connectivity index (χ0v) is 15.6. The maximum atomic E-state index is 12.8. The minimum atomic E-state index is -0.533. The first kappa shape index (κ1) is 17.5. The summed E-state index contributed by atoms with van der Waals surface area (Å²) in [5.74, 6) is -0.291. The zero-order chi connectivity index (χ0) is 18.0. The van der Waals surface area contributed by atoms with Crippen molar-refractivity contribution in [2.45, 2.75) is 13.0 Å². The molecule has 3 amide bonds. The predicted octanol–water partition coefficient (Wildman–Crippen LogP) is 4.37. The van der Waals surface area contributed by atoms with E-state index >= 15 is 0 Å². The molecule has 1 unspecified atom stereocenters. The van der Waals surface area contributed by atoms with Crippen molar-refractivity contribution in [3.05, 3.63) is 74.9 Å². The van der Waals surface area contributed by atoms with Crippen LogP contribution in [-0.4, -0.2) is 11.9 Å². The van der Waals surface area contributed by atoms with E-state index in [0.717, 1.165) is 10.0 Å². The van der Waals surface area contributed by atoms with Gasteiger partial charge in [0.1, 0.15) is 0 Å². The lowest BCUT2D eigenvalue weighted by atomic mass is 9.95. The van der Waals surface area contributed by atoms with Crippen LogP contribution in [0.4, 0.5) is 10.5 Å². The van der Waals surface area contributed by atoms with Crippen LogP contribution in [0.15, 0.2) is 64.3 Å². The second-order valence-electron chi connectivity index (χ2n) is 5.58. The molecule has 1 atom stereocenters. The van der Waals surface area contributed by atoms with Gasteiger partial charge in [-0.1, -0.05) is 39.7 Å². The molecule has 1 aliphatic heterocycles. The summed E-state index contributed by atoms with van der Waals surface area (Å²) in [6.45, 7) is 1.71. The Balaban J connectivity index is 1.92. The lowest BCUT2D eigenvalue weighted by Gasteiger charge is -2.28. The molecular formula is C18H15BrClN3O2. The number of carbonyl (C=O) groups is 2. The third kappa shape index (κ3) is 4.03. The molecule has 0 spiro atoms. The maximum Gasteiger partial charge on any atom is 0.319 e. The average Bonchev–Trinajstić information content (AvgIpc) is 2.57. The third-order valence-electron chi connectivity index (χ3n) is 3.82. The van der Waals surface area contributed by atoms with Gasteiger partial charge >= 0.3 is 6.03 Å². The summed E-state index contributed by atoms with van der Waals surface area (Å²) >= 11 is 9.25. The van der Waals surface area contributed by atoms with E-state index in [4.69, 9.17) is 11.6 Å². The highest BCUT2D eigenvalue weighted by molar-refractivity contribution is 9.10. The Kier molecular flexibility index (Phi) is 5.11. The first-order valence-electron chi connectivity index (χ1n) is 7.54. The Labute approximate surface area is 158 Å². The number of carbonyl (C=O) groups excluding carboxylic acids is 2. The molecule has 0 fully saturated rings. The molecule has 25 heavy (non-hydrogen) atoms. The van der Waals surface area contributed by atoms with Gasteiger partial charge in [0.15, 0.2) is 0 Å². The van der Waals surface area contributed by atoms with Crippen LogP contribution in [0, 0.1) is 0 Å². The number of rotatable bonds is 3. The summed E-state index contributed by atoms with van der Waals surface area (Å²) in [6.07, 6.45) is 0. The smallest absolute Gasteiger partial charge is 0.319 e. The third-order valence-corrected chi connectivity index (χ3v) is 4.60. The molecule has 2 aromatic carbocycles. The second-order valence-corrected chi connectivity index (χ2v) is 6.93. The number of nitrogens with one attached hydrogen (secondary N) is 3. The van der Waals surface area contributed by atoms with Crippen LogP contribution < -0.4 is 16.0 Å². The summed E-state index contributed by atoms with van der Waals surface area (Å²) < 4.78 is 0.921. The first-order valence-corrected chi connectivity index (χ1v) is 8.72. The van der Waals surface area contributed by atoms with Crippen LogP contribution in [0.3, 0.4) is 0 Å². The van der Waals surface area contributed by atoms with Gasteiger partial charge in [-0.15, -0.1) is 0 Å². The molecule has 0 saturated carbocycles. The van der Waals surface area contributed by atoms with Crippen LogP contribution in [0.25, 0.3) is 0 Å². The van der Waals surface area contributed by atoms with E-state index in [-0.39, 0.29) is 11.9 Å². The number of urea groups is 1. The van der Waals surface area contributed by atoms with Crippen LogP contribution in [0.5, 0.6) is 0 Å². The Morgan fingerprint density at radius 2 is 1.76 bits per heavy atom. The highest BCUT2D eigenvalue weighted by Gasteiger charge is 2.31. The summed E-state index contributed by atoms with van der Waals surface area (Å²) in [4.78, 5) is 24.7. The first-order chi connectivity index (χ1) is 11.9. The molecule has 7 heteroatoms. The van der Waals surface area contributed by atoms with Gasteiger partial charge in [-0.3, -0.25) is 4.79 Å². The summed E-state index contributed by atoms with van der Waals surface area (Å²) in [7, 11) is 0. The van der Waals surface area contributed by atoms with E-state index in [9.17, 15) is 9.59 Å². The van der Waals surface area contributed by atoms with Gasteiger partial charge in [0.05, 0.1) is 11.6 Å². The molecule has 0 aromatic heterocycles. The lowest BCUT2D eigenvalue weighted by molar-refractivity contribution is -0.113. The fraction of sp³-hybridized carbons (Fsp3) is 0.111. The minimum absolute atomic E-state index is 0.291. The molecule has 5 nitrogen and oxygen atoms in total. The summed E-state index contributed by atoms with van der Waals surface area (Å²) in [5.41, 5.74) is 2.42. The molecule has 0 aliphatic carbocycles. The lowest BCUT2D eigenvalue weighted by Crippen LogP contribution is -2.45. The highest BCUT2D eigenvalue weighted by atomic mass is 79.9. The Bertz CT molecular complexity index is 848. The van der Waals surface area contributed by atoms with Gasteiger partial charge in [0.2, 0.25) is 0 Å². The van der Waals surface area contributed by atoms with Gasteiger partial charge in [0, 0.05) is 20.9 Å². The van der Waals surface area contributed by atoms with Crippen LogP contribution in [-0.2, 0) is 4.79 Å². The van der Waals surface area contributed by atoms with E-state index in [1.807, 2.05) is 24.3 Å². The van der Waals surface area contributed by atoms with Crippen molar-refractivity contribution in [3.8, 4) is 0 Å². The molecule has 2 aromatic rings. The molecule has 0 radical (unpaired) electrons. The van der Waals surface area contributed by atoms with E-state index in [2.05, 4.69) is 31.9 Å². The fourth-order valence-corrected chi connectivity index (χ4v) is 3.02. The number of hydrogen-bond donors (Lipinski definition) is 3. The summed E-state index contributed by atoms with van der Waals surface area (Å²) in [5, 5.41) is 8.89. The minimum Gasteiger partial charge on any atom is -0.327 e. The maximum absolute atomic E-state index is 12.8. The number of hydrogen-bond acceptors (Lipinski definition) is 2. The van der Waals surface area contributed by atoms with Gasteiger partial charge in [-0.2, -0.15) is 0 Å². The molecule has 0 bridgehead atoms. The Morgan fingerprint density at radius 1 is 1.12 bits per heavy atom. The molecule has 1 heterocycles. The molecular weight excluding hydrogens is 406 g/mol. The van der Waals surface area contributed by atoms with Crippen molar-refractivity contribution in [2.24, 2.45) is 0 Å². The number of allylic oxidation sites excluding steroid dienone is 1. The standard InChI is InChI=1S/C18H15BrClN3O2/c1-10-15(17(24)22-14-8-6-13(20)7-9-14)16(23-18(25)21-10)11-2-4-12(19)5-3-11/h2-9,16H,1H3,(H,22,24)(H2,21,23,25). The molecule has 3 rings (SSSR count). The van der Waals surface area contributed by atoms with E-state index in [1.165, 1.54) is 0 Å². The van der Waals surface area contributed by atoms with Gasteiger partial charge < -0.3 is 16.0 Å². The quantitative estimate of drug-likeness (QED) is 0.690. The van der Waals surface area contributed by atoms with Gasteiger partial charge in [-0.25, -0.2) is 4.79 Å². The largest absolute Gasteiger partial charge is 0.327 e.